The Morgan fingerprint density at radius 2 is 1.92 bits per heavy atom. The van der Waals surface area contributed by atoms with Crippen LogP contribution in [0.15, 0.2) is 41.6 Å². The molecule has 0 fully saturated rings. The minimum absolute atomic E-state index is 0.161. The molecule has 7 heteroatoms. The summed E-state index contributed by atoms with van der Waals surface area (Å²) in [5.74, 6) is 0.555. The monoisotopic (exact) mass is 340 g/mol. The highest BCUT2D eigenvalue weighted by Crippen LogP contribution is 2.43. The Morgan fingerprint density at radius 1 is 1.12 bits per heavy atom. The van der Waals surface area contributed by atoms with Crippen molar-refractivity contribution < 1.29 is 23.5 Å². The lowest BCUT2D eigenvalue weighted by atomic mass is 9.84. The molecule has 5 rings (SSSR count). The molecule has 3 aliphatic heterocycles. The molecular weight excluding hydrogens is 327 g/mol. The summed E-state index contributed by atoms with van der Waals surface area (Å²) in [7, 11) is 0. The first-order chi connectivity index (χ1) is 12.1. The molecule has 1 unspecified atom stereocenters. The van der Waals surface area contributed by atoms with Gasteiger partial charge in [-0.05, 0) is 17.7 Å². The predicted octanol–water partition coefficient (Wildman–Crippen LogP) is 2.61. The molecule has 0 radical (unpaired) electrons. The number of carbonyl (C=O) groups excluding carboxylic acids is 1. The topological polar surface area (TPSA) is 69.2 Å². The summed E-state index contributed by atoms with van der Waals surface area (Å²) in [5, 5.41) is 6.84. The zero-order valence-corrected chi connectivity index (χ0v) is 13.0. The number of halogens is 1. The number of carbonyl (C=O) groups is 1. The van der Waals surface area contributed by atoms with Crippen LogP contribution in [0.4, 0.5) is 10.1 Å². The average molecular weight is 340 g/mol. The number of hydrogen-bond acceptors (Lipinski definition) is 5. The molecule has 0 aromatic heterocycles. The fraction of sp³-hybridized carbons (Fsp3) is 0.222. The van der Waals surface area contributed by atoms with Crippen molar-refractivity contribution in [2.45, 2.75) is 18.4 Å². The fourth-order valence-corrected chi connectivity index (χ4v) is 3.40. The van der Waals surface area contributed by atoms with Gasteiger partial charge in [-0.3, -0.25) is 4.79 Å². The standard InChI is InChI=1S/C18H13FN2O4/c19-12-4-2-1-3-11(12)14-8-18(25-21-14)7-10-5-15-16(24-9-23-15)6-13(10)20-17(18)22/h1-6H,7-9H2,(H,20,22). The maximum absolute atomic E-state index is 14.0. The van der Waals surface area contributed by atoms with Crippen LogP contribution in [0.3, 0.4) is 0 Å². The number of amides is 1. The van der Waals surface area contributed by atoms with Crippen LogP contribution in [-0.2, 0) is 16.1 Å². The summed E-state index contributed by atoms with van der Waals surface area (Å²) in [5.41, 5.74) is 1.15. The van der Waals surface area contributed by atoms with E-state index in [0.29, 0.717) is 34.9 Å². The minimum atomic E-state index is -1.17. The molecule has 126 valence electrons. The minimum Gasteiger partial charge on any atom is -0.454 e. The van der Waals surface area contributed by atoms with Crippen molar-refractivity contribution in [1.29, 1.82) is 0 Å². The van der Waals surface area contributed by atoms with E-state index in [0.717, 1.165) is 5.56 Å². The van der Waals surface area contributed by atoms with E-state index in [2.05, 4.69) is 10.5 Å². The van der Waals surface area contributed by atoms with Crippen molar-refractivity contribution in [3.8, 4) is 11.5 Å². The van der Waals surface area contributed by atoms with E-state index in [1.807, 2.05) is 6.07 Å². The van der Waals surface area contributed by atoms with Gasteiger partial charge < -0.3 is 19.6 Å². The molecule has 2 aromatic carbocycles. The lowest BCUT2D eigenvalue weighted by Crippen LogP contribution is -2.48. The van der Waals surface area contributed by atoms with Gasteiger partial charge in [-0.25, -0.2) is 4.39 Å². The van der Waals surface area contributed by atoms with Gasteiger partial charge in [0.2, 0.25) is 12.4 Å². The summed E-state index contributed by atoms with van der Waals surface area (Å²) in [6, 6.07) is 9.91. The Hall–Kier alpha value is -3.09. The number of fused-ring (bicyclic) bond motifs is 2. The number of nitrogens with one attached hydrogen (secondary N) is 1. The van der Waals surface area contributed by atoms with Crippen LogP contribution in [0.2, 0.25) is 0 Å². The second-order valence-corrected chi connectivity index (χ2v) is 6.27. The normalized spacial score (nSPS) is 23.1. The zero-order chi connectivity index (χ0) is 17.0. The van der Waals surface area contributed by atoms with Crippen LogP contribution in [0.25, 0.3) is 0 Å². The van der Waals surface area contributed by atoms with Gasteiger partial charge in [-0.2, -0.15) is 0 Å². The highest BCUT2D eigenvalue weighted by Gasteiger charge is 2.50. The second kappa shape index (κ2) is 4.95. The summed E-state index contributed by atoms with van der Waals surface area (Å²) in [6.07, 6.45) is 0.528. The Balaban J connectivity index is 1.48. The maximum atomic E-state index is 14.0. The molecule has 0 saturated heterocycles. The molecule has 2 aromatic rings. The van der Waals surface area contributed by atoms with Crippen molar-refractivity contribution in [3.63, 3.8) is 0 Å². The van der Waals surface area contributed by atoms with Gasteiger partial charge in [-0.15, -0.1) is 0 Å². The number of hydrogen-bond donors (Lipinski definition) is 1. The molecule has 6 nitrogen and oxygen atoms in total. The molecule has 0 bridgehead atoms. The smallest absolute Gasteiger partial charge is 0.272 e. The predicted molar refractivity (Wildman–Crippen MR) is 86.3 cm³/mol. The van der Waals surface area contributed by atoms with Crippen LogP contribution in [0.1, 0.15) is 17.5 Å². The van der Waals surface area contributed by atoms with E-state index < -0.39 is 5.60 Å². The van der Waals surface area contributed by atoms with Crippen molar-refractivity contribution in [2.24, 2.45) is 5.16 Å². The van der Waals surface area contributed by atoms with E-state index in [9.17, 15) is 9.18 Å². The molecule has 1 spiro atoms. The number of ether oxygens (including phenoxy) is 2. The lowest BCUT2D eigenvalue weighted by molar-refractivity contribution is -0.138. The Bertz CT molecular complexity index is 943. The van der Waals surface area contributed by atoms with E-state index in [4.69, 9.17) is 14.3 Å². The third kappa shape index (κ3) is 2.08. The molecule has 3 aliphatic rings. The van der Waals surface area contributed by atoms with Gasteiger partial charge >= 0.3 is 0 Å². The number of benzene rings is 2. The van der Waals surface area contributed by atoms with E-state index in [1.165, 1.54) is 6.07 Å². The van der Waals surface area contributed by atoms with Crippen LogP contribution in [0, 0.1) is 5.82 Å². The highest BCUT2D eigenvalue weighted by atomic mass is 19.1. The van der Waals surface area contributed by atoms with Gasteiger partial charge in [0.1, 0.15) is 5.82 Å². The largest absolute Gasteiger partial charge is 0.454 e. The molecule has 1 atom stereocenters. The van der Waals surface area contributed by atoms with Crippen molar-refractivity contribution in [1.82, 2.24) is 0 Å². The first-order valence-corrected chi connectivity index (χ1v) is 7.89. The molecular formula is C18H13FN2O4. The maximum Gasteiger partial charge on any atom is 0.272 e. The molecule has 3 heterocycles. The Labute approximate surface area is 142 Å². The summed E-state index contributed by atoms with van der Waals surface area (Å²) in [4.78, 5) is 18.2. The molecule has 0 saturated carbocycles. The molecule has 0 aliphatic carbocycles. The van der Waals surface area contributed by atoms with Gasteiger partial charge in [0.25, 0.3) is 5.91 Å². The first-order valence-electron chi connectivity index (χ1n) is 7.89. The van der Waals surface area contributed by atoms with Gasteiger partial charge in [-0.1, -0.05) is 23.4 Å². The molecule has 1 N–H and O–H groups in total. The molecule has 25 heavy (non-hydrogen) atoms. The van der Waals surface area contributed by atoms with Crippen LogP contribution >= 0.6 is 0 Å². The van der Waals surface area contributed by atoms with E-state index >= 15 is 0 Å². The number of oxime groups is 1. The summed E-state index contributed by atoms with van der Waals surface area (Å²) < 4.78 is 24.7. The summed E-state index contributed by atoms with van der Waals surface area (Å²) >= 11 is 0. The first kappa shape index (κ1) is 14.3. The lowest BCUT2D eigenvalue weighted by Gasteiger charge is -2.31. The Kier molecular flexibility index (Phi) is 2.83. The second-order valence-electron chi connectivity index (χ2n) is 6.27. The average Bonchev–Trinajstić information content (AvgIpc) is 3.22. The fourth-order valence-electron chi connectivity index (χ4n) is 3.40. The van der Waals surface area contributed by atoms with Gasteiger partial charge in [0.15, 0.2) is 11.5 Å². The van der Waals surface area contributed by atoms with Crippen molar-refractivity contribution in [3.05, 3.63) is 53.3 Å². The highest BCUT2D eigenvalue weighted by molar-refractivity contribution is 6.09. The van der Waals surface area contributed by atoms with Gasteiger partial charge in [0.05, 0.1) is 5.71 Å². The number of anilines is 1. The van der Waals surface area contributed by atoms with Crippen molar-refractivity contribution >= 4 is 17.3 Å². The number of nitrogens with zero attached hydrogens (tertiary/aromatic N) is 1. The van der Waals surface area contributed by atoms with Crippen LogP contribution in [0.5, 0.6) is 11.5 Å². The SMILES string of the molecule is O=C1Nc2cc3c(cc2CC12CC(c1ccccc1F)=NO2)OCO3. The van der Waals surface area contributed by atoms with E-state index in [1.54, 1.807) is 24.3 Å². The van der Waals surface area contributed by atoms with Gasteiger partial charge in [0, 0.05) is 30.2 Å². The third-order valence-electron chi connectivity index (χ3n) is 4.70. The van der Waals surface area contributed by atoms with E-state index in [-0.39, 0.29) is 24.9 Å². The van der Waals surface area contributed by atoms with Crippen LogP contribution in [-0.4, -0.2) is 24.0 Å². The molecule has 1 amide bonds. The third-order valence-corrected chi connectivity index (χ3v) is 4.70. The van der Waals surface area contributed by atoms with Crippen molar-refractivity contribution in [2.75, 3.05) is 12.1 Å². The Morgan fingerprint density at radius 3 is 2.76 bits per heavy atom. The zero-order valence-electron chi connectivity index (χ0n) is 13.0. The van der Waals surface area contributed by atoms with Crippen LogP contribution < -0.4 is 14.8 Å². The summed E-state index contributed by atoms with van der Waals surface area (Å²) in [6.45, 7) is 0.161. The quantitative estimate of drug-likeness (QED) is 0.866. The number of rotatable bonds is 1.